The Balaban J connectivity index is 1.10. The topological polar surface area (TPSA) is 98.4 Å². The molecule has 1 aliphatic carbocycles. The zero-order chi connectivity index (χ0) is 28.1. The Morgan fingerprint density at radius 2 is 1.90 bits per heavy atom. The molecule has 4 aromatic rings. The number of nitrogens with one attached hydrogen (secondary N) is 2. The summed E-state index contributed by atoms with van der Waals surface area (Å²) < 4.78 is 0. The van der Waals surface area contributed by atoms with Gasteiger partial charge in [0.2, 0.25) is 11.8 Å². The monoisotopic (exact) mass is 547 g/mol. The van der Waals surface area contributed by atoms with Gasteiger partial charge in [-0.1, -0.05) is 36.4 Å². The van der Waals surface area contributed by atoms with E-state index in [0.29, 0.717) is 31.5 Å². The highest BCUT2D eigenvalue weighted by Crippen LogP contribution is 2.49. The smallest absolute Gasteiger partial charge is 0.253 e. The third-order valence-corrected chi connectivity index (χ3v) is 9.27. The molecular formula is C33H33N5O3. The molecule has 1 saturated heterocycles. The maximum absolute atomic E-state index is 14.2. The number of aromatic amines is 1. The van der Waals surface area contributed by atoms with E-state index in [-0.39, 0.29) is 30.3 Å². The molecule has 1 fully saturated rings. The maximum atomic E-state index is 14.2. The van der Waals surface area contributed by atoms with Crippen molar-refractivity contribution in [3.8, 4) is 0 Å². The molecule has 3 aromatic carbocycles. The zero-order valence-corrected chi connectivity index (χ0v) is 23.2. The Labute approximate surface area is 238 Å². The zero-order valence-electron chi connectivity index (χ0n) is 23.2. The van der Waals surface area contributed by atoms with Gasteiger partial charge in [0.05, 0.1) is 23.2 Å². The summed E-state index contributed by atoms with van der Waals surface area (Å²) in [5, 5.41) is 11.1. The van der Waals surface area contributed by atoms with Crippen LogP contribution < -0.4 is 10.2 Å². The molecule has 1 spiro atoms. The van der Waals surface area contributed by atoms with E-state index in [2.05, 4.69) is 27.6 Å². The van der Waals surface area contributed by atoms with Gasteiger partial charge in [-0.25, -0.2) is 0 Å². The second-order valence-corrected chi connectivity index (χ2v) is 11.6. The summed E-state index contributed by atoms with van der Waals surface area (Å²) in [7, 11) is 0. The number of nitrogens with zero attached hydrogens (tertiary/aromatic N) is 3. The average Bonchev–Trinajstić information content (AvgIpc) is 3.55. The first-order valence-corrected chi connectivity index (χ1v) is 14.5. The van der Waals surface area contributed by atoms with Crippen LogP contribution in [0.25, 0.3) is 10.9 Å². The lowest BCUT2D eigenvalue weighted by atomic mass is 9.72. The molecule has 208 valence electrons. The van der Waals surface area contributed by atoms with E-state index in [9.17, 15) is 14.4 Å². The van der Waals surface area contributed by atoms with Crippen molar-refractivity contribution in [1.82, 2.24) is 20.4 Å². The largest absolute Gasteiger partial charge is 0.348 e. The number of hydrogen-bond donors (Lipinski definition) is 2. The fourth-order valence-corrected chi connectivity index (χ4v) is 7.23. The molecule has 3 aliphatic rings. The Bertz CT molecular complexity index is 1680. The normalized spacial score (nSPS) is 19.3. The molecular weight excluding hydrogens is 514 g/mol. The van der Waals surface area contributed by atoms with Crippen LogP contribution in [0.3, 0.4) is 0 Å². The van der Waals surface area contributed by atoms with Crippen LogP contribution in [0.2, 0.25) is 0 Å². The Morgan fingerprint density at radius 3 is 2.76 bits per heavy atom. The molecule has 8 nitrogen and oxygen atoms in total. The van der Waals surface area contributed by atoms with Crippen LogP contribution in [0.5, 0.6) is 0 Å². The number of aromatic nitrogens is 2. The fourth-order valence-electron chi connectivity index (χ4n) is 7.23. The van der Waals surface area contributed by atoms with Gasteiger partial charge in [-0.2, -0.15) is 5.10 Å². The van der Waals surface area contributed by atoms with Crippen molar-refractivity contribution in [1.29, 1.82) is 0 Å². The molecule has 2 aliphatic heterocycles. The Hall–Kier alpha value is -4.46. The molecule has 2 N–H and O–H groups in total. The van der Waals surface area contributed by atoms with E-state index in [1.807, 2.05) is 60.4 Å². The van der Waals surface area contributed by atoms with Crippen molar-refractivity contribution >= 4 is 34.3 Å². The number of anilines is 1. The average molecular weight is 548 g/mol. The lowest BCUT2D eigenvalue weighted by Gasteiger charge is -2.39. The van der Waals surface area contributed by atoms with Gasteiger partial charge in [0.1, 0.15) is 6.54 Å². The van der Waals surface area contributed by atoms with Gasteiger partial charge in [-0.15, -0.1) is 0 Å². The molecule has 7 rings (SSSR count). The molecule has 1 atom stereocenters. The minimum atomic E-state index is -0.732. The standard InChI is InChI=1S/C33H33N5O3/c1-21-6-4-11-28-30(21)33(14-16-37(17-15-33)31(40)23-12-13-26-24(18-23)19-34-36-26)32(41)38(28)20-29(39)35-27-10-5-8-22-7-2-3-9-25(22)27/h2-4,6-7,9,11-13,18-19,27H,5,8,10,14-17,20H2,1H3,(H,34,36)(H,35,39). The minimum absolute atomic E-state index is 0.0109. The number of carbonyl (C=O) groups excluding carboxylic acids is 3. The molecule has 1 unspecified atom stereocenters. The van der Waals surface area contributed by atoms with Crippen LogP contribution in [0, 0.1) is 6.92 Å². The van der Waals surface area contributed by atoms with Gasteiger partial charge in [-0.05, 0) is 85.5 Å². The molecule has 3 heterocycles. The number of aryl methyl sites for hydroxylation is 2. The van der Waals surface area contributed by atoms with Gasteiger partial charge in [-0.3, -0.25) is 19.5 Å². The highest BCUT2D eigenvalue weighted by Gasteiger charge is 2.53. The molecule has 3 amide bonds. The van der Waals surface area contributed by atoms with Gasteiger partial charge in [0, 0.05) is 29.7 Å². The van der Waals surface area contributed by atoms with Crippen molar-refractivity contribution in [3.63, 3.8) is 0 Å². The van der Waals surface area contributed by atoms with Crippen LogP contribution in [-0.2, 0) is 21.4 Å². The SMILES string of the molecule is Cc1cccc2c1C1(CCN(C(=O)c3ccc4[nH]ncc4c3)CC1)C(=O)N2CC(=O)NC1CCCc2ccccc21. The Morgan fingerprint density at radius 1 is 1.07 bits per heavy atom. The summed E-state index contributed by atoms with van der Waals surface area (Å²) in [6.07, 6.45) is 5.72. The van der Waals surface area contributed by atoms with Crippen molar-refractivity contribution in [2.75, 3.05) is 24.5 Å². The summed E-state index contributed by atoms with van der Waals surface area (Å²) in [5.74, 6) is -0.220. The summed E-state index contributed by atoms with van der Waals surface area (Å²) in [5.41, 5.74) is 6.11. The van der Waals surface area contributed by atoms with Crippen molar-refractivity contribution in [3.05, 3.63) is 94.7 Å². The quantitative estimate of drug-likeness (QED) is 0.391. The van der Waals surface area contributed by atoms with E-state index in [0.717, 1.165) is 47.0 Å². The summed E-state index contributed by atoms with van der Waals surface area (Å²) in [4.78, 5) is 44.5. The van der Waals surface area contributed by atoms with Crippen LogP contribution in [0.4, 0.5) is 5.69 Å². The van der Waals surface area contributed by atoms with Crippen LogP contribution >= 0.6 is 0 Å². The van der Waals surface area contributed by atoms with Crippen molar-refractivity contribution < 1.29 is 14.4 Å². The molecule has 8 heteroatoms. The first-order chi connectivity index (χ1) is 19.9. The lowest BCUT2D eigenvalue weighted by Crippen LogP contribution is -2.51. The first kappa shape index (κ1) is 25.5. The van der Waals surface area contributed by atoms with E-state index < -0.39 is 5.41 Å². The van der Waals surface area contributed by atoms with Crippen molar-refractivity contribution in [2.24, 2.45) is 0 Å². The number of hydrogen-bond acceptors (Lipinski definition) is 4. The van der Waals surface area contributed by atoms with Crippen LogP contribution in [0.15, 0.2) is 66.9 Å². The number of fused-ring (bicyclic) bond motifs is 4. The number of amides is 3. The molecule has 41 heavy (non-hydrogen) atoms. The first-order valence-electron chi connectivity index (χ1n) is 14.5. The number of carbonyl (C=O) groups is 3. The number of rotatable bonds is 4. The predicted octanol–water partition coefficient (Wildman–Crippen LogP) is 4.59. The van der Waals surface area contributed by atoms with Gasteiger partial charge < -0.3 is 15.1 Å². The molecule has 1 aromatic heterocycles. The van der Waals surface area contributed by atoms with Crippen molar-refractivity contribution in [2.45, 2.75) is 50.5 Å². The predicted molar refractivity (Wildman–Crippen MR) is 157 cm³/mol. The Kier molecular flexibility index (Phi) is 6.14. The fraction of sp³-hybridized carbons (Fsp3) is 0.333. The van der Waals surface area contributed by atoms with Gasteiger partial charge in [0.25, 0.3) is 5.91 Å². The number of piperidine rings is 1. The van der Waals surface area contributed by atoms with Crippen LogP contribution in [0.1, 0.15) is 64.3 Å². The van der Waals surface area contributed by atoms with Crippen LogP contribution in [-0.4, -0.2) is 52.5 Å². The van der Waals surface area contributed by atoms with Gasteiger partial charge >= 0.3 is 0 Å². The second kappa shape index (κ2) is 9.87. The third-order valence-electron chi connectivity index (χ3n) is 9.27. The van der Waals surface area contributed by atoms with E-state index >= 15 is 0 Å². The van der Waals surface area contributed by atoms with Gasteiger partial charge in [0.15, 0.2) is 0 Å². The number of H-pyrrole nitrogens is 1. The minimum Gasteiger partial charge on any atom is -0.348 e. The number of likely N-dealkylation sites (tertiary alicyclic amines) is 1. The highest BCUT2D eigenvalue weighted by atomic mass is 16.2. The summed E-state index contributed by atoms with van der Waals surface area (Å²) in [6, 6.07) is 19.7. The number of benzene rings is 3. The lowest BCUT2D eigenvalue weighted by molar-refractivity contribution is -0.127. The third kappa shape index (κ3) is 4.20. The summed E-state index contributed by atoms with van der Waals surface area (Å²) in [6.45, 7) is 2.97. The molecule has 0 saturated carbocycles. The van der Waals surface area contributed by atoms with E-state index in [4.69, 9.17) is 0 Å². The second-order valence-electron chi connectivity index (χ2n) is 11.6. The van der Waals surface area contributed by atoms with E-state index in [1.54, 1.807) is 11.1 Å². The highest BCUT2D eigenvalue weighted by molar-refractivity contribution is 6.11. The maximum Gasteiger partial charge on any atom is 0.253 e. The van der Waals surface area contributed by atoms with E-state index in [1.165, 1.54) is 11.1 Å². The molecule has 0 radical (unpaired) electrons. The summed E-state index contributed by atoms with van der Waals surface area (Å²) >= 11 is 0. The molecule has 0 bridgehead atoms.